The van der Waals surface area contributed by atoms with E-state index in [1.165, 1.54) is 23.5 Å². The van der Waals surface area contributed by atoms with Crippen LogP contribution in [-0.4, -0.2) is 85.9 Å². The lowest BCUT2D eigenvalue weighted by molar-refractivity contribution is -0.122. The number of benzene rings is 2. The molecule has 1 aliphatic rings. The first-order valence-corrected chi connectivity index (χ1v) is 15.1. The maximum atomic E-state index is 12.9. The van der Waals surface area contributed by atoms with E-state index < -0.39 is 32.0 Å². The van der Waals surface area contributed by atoms with Gasteiger partial charge < -0.3 is 19.5 Å². The Hall–Kier alpha value is -2.87. The van der Waals surface area contributed by atoms with E-state index in [0.29, 0.717) is 43.5 Å². The first kappa shape index (κ1) is 28.7. The van der Waals surface area contributed by atoms with E-state index in [1.807, 2.05) is 0 Å². The summed E-state index contributed by atoms with van der Waals surface area (Å²) in [6.45, 7) is 3.33. The van der Waals surface area contributed by atoms with Gasteiger partial charge in [-0.05, 0) is 55.0 Å². The number of morpholine rings is 1. The first-order valence-electron chi connectivity index (χ1n) is 11.8. The van der Waals surface area contributed by atoms with Crippen LogP contribution in [-0.2, 0) is 29.6 Å². The van der Waals surface area contributed by atoms with Crippen molar-refractivity contribution in [1.82, 2.24) is 9.62 Å². The molecular formula is C24H33N3O8S2. The van der Waals surface area contributed by atoms with Crippen LogP contribution >= 0.6 is 0 Å². The van der Waals surface area contributed by atoms with E-state index >= 15 is 0 Å². The van der Waals surface area contributed by atoms with Crippen LogP contribution in [0.5, 0.6) is 11.5 Å². The minimum atomic E-state index is -3.75. The molecule has 1 atom stereocenters. The standard InChI is InChI=1S/C24H33N3O8S2/c1-4-23(27(36(3,29)30)19-5-7-20(33-2)8-6-19)24(28)25-13-16-35-21-9-11-22(12-10-21)37(31,32)26-14-17-34-18-15-26/h5-12,23H,4,13-18H2,1-3H3,(H,25,28)/t23-/m0/s1. The van der Waals surface area contributed by atoms with Crippen molar-refractivity contribution in [1.29, 1.82) is 0 Å². The second kappa shape index (κ2) is 12.6. The van der Waals surface area contributed by atoms with E-state index in [2.05, 4.69) is 5.32 Å². The summed E-state index contributed by atoms with van der Waals surface area (Å²) >= 11 is 0. The van der Waals surface area contributed by atoms with E-state index in [4.69, 9.17) is 14.2 Å². The summed E-state index contributed by atoms with van der Waals surface area (Å²) in [6, 6.07) is 11.5. The zero-order chi connectivity index (χ0) is 27.1. The molecule has 0 saturated carbocycles. The lowest BCUT2D eigenvalue weighted by atomic mass is 10.2. The number of sulfonamides is 2. The number of carbonyl (C=O) groups is 1. The van der Waals surface area contributed by atoms with Gasteiger partial charge in [0.05, 0.1) is 43.7 Å². The Morgan fingerprint density at radius 2 is 1.62 bits per heavy atom. The van der Waals surface area contributed by atoms with Gasteiger partial charge in [0.25, 0.3) is 0 Å². The van der Waals surface area contributed by atoms with Gasteiger partial charge in [0, 0.05) is 13.1 Å². The van der Waals surface area contributed by atoms with E-state index in [9.17, 15) is 21.6 Å². The summed E-state index contributed by atoms with van der Waals surface area (Å²) < 4.78 is 69.0. The number of anilines is 1. The highest BCUT2D eigenvalue weighted by atomic mass is 32.2. The minimum Gasteiger partial charge on any atom is -0.497 e. The van der Waals surface area contributed by atoms with Crippen molar-refractivity contribution >= 4 is 31.6 Å². The molecule has 37 heavy (non-hydrogen) atoms. The van der Waals surface area contributed by atoms with Crippen molar-refractivity contribution < 1.29 is 35.8 Å². The lowest BCUT2D eigenvalue weighted by Gasteiger charge is -2.30. The molecule has 1 fully saturated rings. The Labute approximate surface area is 218 Å². The Morgan fingerprint density at radius 3 is 2.16 bits per heavy atom. The number of nitrogens with one attached hydrogen (secondary N) is 1. The fourth-order valence-electron chi connectivity index (χ4n) is 3.89. The third-order valence-corrected chi connectivity index (χ3v) is 8.85. The molecule has 1 aliphatic heterocycles. The summed E-state index contributed by atoms with van der Waals surface area (Å²) in [6.07, 6.45) is 1.31. The maximum Gasteiger partial charge on any atom is 0.244 e. The molecule has 11 nitrogen and oxygen atoms in total. The largest absolute Gasteiger partial charge is 0.497 e. The molecule has 0 unspecified atom stereocenters. The van der Waals surface area contributed by atoms with Gasteiger partial charge in [-0.25, -0.2) is 16.8 Å². The van der Waals surface area contributed by atoms with Gasteiger partial charge in [0.1, 0.15) is 24.1 Å². The van der Waals surface area contributed by atoms with Gasteiger partial charge >= 0.3 is 0 Å². The van der Waals surface area contributed by atoms with Crippen LogP contribution in [0.25, 0.3) is 0 Å². The molecular weight excluding hydrogens is 522 g/mol. The second-order valence-corrected chi connectivity index (χ2v) is 12.1. The number of rotatable bonds is 12. The van der Waals surface area contributed by atoms with Crippen molar-refractivity contribution in [3.05, 3.63) is 48.5 Å². The molecule has 204 valence electrons. The molecule has 13 heteroatoms. The average molecular weight is 556 g/mol. The molecule has 2 aromatic rings. The average Bonchev–Trinajstić information content (AvgIpc) is 2.89. The molecule has 1 saturated heterocycles. The number of methoxy groups -OCH3 is 1. The summed E-state index contributed by atoms with van der Waals surface area (Å²) in [7, 11) is -5.84. The summed E-state index contributed by atoms with van der Waals surface area (Å²) in [4.78, 5) is 13.1. The molecule has 0 spiro atoms. The third kappa shape index (κ3) is 7.34. The third-order valence-electron chi connectivity index (χ3n) is 5.76. The van der Waals surface area contributed by atoms with Gasteiger partial charge in [0.15, 0.2) is 0 Å². The molecule has 3 rings (SSSR count). The van der Waals surface area contributed by atoms with Gasteiger partial charge in [-0.15, -0.1) is 0 Å². The van der Waals surface area contributed by atoms with Crippen LogP contribution in [0, 0.1) is 0 Å². The van der Waals surface area contributed by atoms with Crippen LogP contribution in [0.15, 0.2) is 53.4 Å². The highest BCUT2D eigenvalue weighted by Gasteiger charge is 2.31. The molecule has 0 radical (unpaired) electrons. The zero-order valence-electron chi connectivity index (χ0n) is 21.1. The van der Waals surface area contributed by atoms with Crippen molar-refractivity contribution in [2.24, 2.45) is 0 Å². The smallest absolute Gasteiger partial charge is 0.244 e. The highest BCUT2D eigenvalue weighted by molar-refractivity contribution is 7.92. The summed E-state index contributed by atoms with van der Waals surface area (Å²) in [5.74, 6) is 0.552. The van der Waals surface area contributed by atoms with Gasteiger partial charge in [0.2, 0.25) is 26.0 Å². The molecule has 1 heterocycles. The number of amides is 1. The monoisotopic (exact) mass is 555 g/mol. The molecule has 2 aromatic carbocycles. The molecule has 0 bridgehead atoms. The Morgan fingerprint density at radius 1 is 1.03 bits per heavy atom. The van der Waals surface area contributed by atoms with Crippen LogP contribution in [0.3, 0.4) is 0 Å². The van der Waals surface area contributed by atoms with Crippen molar-refractivity contribution in [2.75, 3.05) is 57.1 Å². The Balaban J connectivity index is 1.57. The number of nitrogens with zero attached hydrogens (tertiary/aromatic N) is 2. The van der Waals surface area contributed by atoms with Gasteiger partial charge in [-0.3, -0.25) is 9.10 Å². The molecule has 1 N–H and O–H groups in total. The van der Waals surface area contributed by atoms with Crippen molar-refractivity contribution in [3.63, 3.8) is 0 Å². The summed E-state index contributed by atoms with van der Waals surface area (Å²) in [5.41, 5.74) is 0.355. The van der Waals surface area contributed by atoms with E-state index in [0.717, 1.165) is 10.6 Å². The maximum absolute atomic E-state index is 12.9. The number of carbonyl (C=O) groups excluding carboxylic acids is 1. The van der Waals surface area contributed by atoms with Gasteiger partial charge in [-0.2, -0.15) is 4.31 Å². The fourth-order valence-corrected chi connectivity index (χ4v) is 6.51. The van der Waals surface area contributed by atoms with Crippen LogP contribution in [0.1, 0.15) is 13.3 Å². The van der Waals surface area contributed by atoms with Crippen molar-refractivity contribution in [2.45, 2.75) is 24.3 Å². The Bertz CT molecular complexity index is 1240. The van der Waals surface area contributed by atoms with Crippen LogP contribution < -0.4 is 19.1 Å². The molecule has 0 aliphatic carbocycles. The second-order valence-electron chi connectivity index (χ2n) is 8.31. The van der Waals surface area contributed by atoms with Gasteiger partial charge in [-0.1, -0.05) is 6.92 Å². The van der Waals surface area contributed by atoms with Crippen LogP contribution in [0.2, 0.25) is 0 Å². The predicted octanol–water partition coefficient (Wildman–Crippen LogP) is 1.46. The molecule has 1 amide bonds. The SMILES string of the molecule is CC[C@@H](C(=O)NCCOc1ccc(S(=O)(=O)N2CCOCC2)cc1)N(c1ccc(OC)cc1)S(C)(=O)=O. The van der Waals surface area contributed by atoms with Crippen molar-refractivity contribution in [3.8, 4) is 11.5 Å². The summed E-state index contributed by atoms with van der Waals surface area (Å²) in [5, 5.41) is 2.72. The van der Waals surface area contributed by atoms with E-state index in [1.54, 1.807) is 43.3 Å². The highest BCUT2D eigenvalue weighted by Crippen LogP contribution is 2.25. The van der Waals surface area contributed by atoms with E-state index in [-0.39, 0.29) is 24.5 Å². The lowest BCUT2D eigenvalue weighted by Crippen LogP contribution is -2.50. The van der Waals surface area contributed by atoms with Crippen LogP contribution in [0.4, 0.5) is 5.69 Å². The Kier molecular flexibility index (Phi) is 9.76. The fraction of sp³-hybridized carbons (Fsp3) is 0.458. The topological polar surface area (TPSA) is 132 Å². The minimum absolute atomic E-state index is 0.110. The number of hydrogen-bond acceptors (Lipinski definition) is 8. The normalized spacial score (nSPS) is 15.5. The predicted molar refractivity (Wildman–Crippen MR) is 139 cm³/mol. The number of hydrogen-bond donors (Lipinski definition) is 1. The molecule has 0 aromatic heterocycles. The first-order chi connectivity index (χ1) is 17.6. The zero-order valence-corrected chi connectivity index (χ0v) is 22.8. The quantitative estimate of drug-likeness (QED) is 0.390. The number of ether oxygens (including phenoxy) is 3.